The first-order valence-electron chi connectivity index (χ1n) is 7.77. The summed E-state index contributed by atoms with van der Waals surface area (Å²) in [6.07, 6.45) is -3.49. The monoisotopic (exact) mass is 394 g/mol. The Bertz CT molecular complexity index is 1000. The van der Waals surface area contributed by atoms with Crippen LogP contribution >= 0.6 is 0 Å². The maximum atomic E-state index is 13.6. The Hall–Kier alpha value is -3.56. The van der Waals surface area contributed by atoms with Crippen molar-refractivity contribution < 1.29 is 26.7 Å². The van der Waals surface area contributed by atoms with Gasteiger partial charge in [0, 0.05) is 6.20 Å². The summed E-state index contributed by atoms with van der Waals surface area (Å²) in [6, 6.07) is 8.85. The molecule has 28 heavy (non-hydrogen) atoms. The Morgan fingerprint density at radius 1 is 0.929 bits per heavy atom. The molecule has 0 aliphatic heterocycles. The smallest absolute Gasteiger partial charge is 0.324 e. The van der Waals surface area contributed by atoms with Crippen molar-refractivity contribution in [3.05, 3.63) is 77.6 Å². The minimum atomic E-state index is -4.61. The van der Waals surface area contributed by atoms with Crippen LogP contribution in [0.4, 0.5) is 39.3 Å². The van der Waals surface area contributed by atoms with Crippen LogP contribution in [0.2, 0.25) is 0 Å². The second kappa shape index (κ2) is 7.59. The lowest BCUT2D eigenvalue weighted by Gasteiger charge is -2.13. The first-order valence-corrected chi connectivity index (χ1v) is 7.77. The zero-order chi connectivity index (χ0) is 20.3. The van der Waals surface area contributed by atoms with Gasteiger partial charge in [-0.25, -0.2) is 18.7 Å². The van der Waals surface area contributed by atoms with Gasteiger partial charge in [0.1, 0.15) is 23.0 Å². The number of anilines is 3. The highest BCUT2D eigenvalue weighted by Gasteiger charge is 2.33. The Balaban J connectivity index is 1.85. The third-order valence-corrected chi connectivity index (χ3v) is 3.57. The molecule has 0 radical (unpaired) electrons. The lowest BCUT2D eigenvalue weighted by atomic mass is 10.1. The summed E-state index contributed by atoms with van der Waals surface area (Å²) in [4.78, 5) is 19.8. The van der Waals surface area contributed by atoms with Gasteiger partial charge in [0.25, 0.3) is 5.91 Å². The van der Waals surface area contributed by atoms with E-state index >= 15 is 0 Å². The third kappa shape index (κ3) is 4.22. The van der Waals surface area contributed by atoms with Crippen molar-refractivity contribution in [1.29, 1.82) is 0 Å². The second-order valence-electron chi connectivity index (χ2n) is 5.48. The molecule has 0 spiro atoms. The normalized spacial score (nSPS) is 11.2. The van der Waals surface area contributed by atoms with Gasteiger partial charge in [-0.2, -0.15) is 13.2 Å². The number of alkyl halides is 3. The summed E-state index contributed by atoms with van der Waals surface area (Å²) in [6.45, 7) is 0. The number of carbonyl (C=O) groups is 1. The Morgan fingerprint density at radius 2 is 1.61 bits per heavy atom. The number of hydrogen-bond acceptors (Lipinski definition) is 4. The number of rotatable bonds is 4. The first kappa shape index (κ1) is 19.2. The van der Waals surface area contributed by atoms with Crippen molar-refractivity contribution >= 4 is 23.2 Å². The highest BCUT2D eigenvalue weighted by molar-refractivity contribution is 6.03. The molecule has 2 N–H and O–H groups in total. The molecule has 0 aliphatic carbocycles. The number of benzene rings is 2. The molecule has 3 rings (SSSR count). The molecule has 144 valence electrons. The van der Waals surface area contributed by atoms with E-state index in [-0.39, 0.29) is 17.3 Å². The maximum Gasteiger partial charge on any atom is 0.418 e. The van der Waals surface area contributed by atoms with Crippen LogP contribution in [-0.2, 0) is 6.18 Å². The number of halogens is 5. The van der Waals surface area contributed by atoms with Crippen molar-refractivity contribution in [2.24, 2.45) is 0 Å². The zero-order valence-electron chi connectivity index (χ0n) is 13.9. The Morgan fingerprint density at radius 3 is 2.29 bits per heavy atom. The standard InChI is InChI=1S/C18H11F5N4O/c19-11-5-3-6-12(20)15(11)27-16(28)14-8-9-24-17(26-14)25-13-7-2-1-4-10(13)18(21,22)23/h1-9H,(H,27,28)(H,24,25,26). The van der Waals surface area contributed by atoms with Crippen LogP contribution in [0.5, 0.6) is 0 Å². The van der Waals surface area contributed by atoms with E-state index < -0.39 is 35.0 Å². The first-order chi connectivity index (χ1) is 13.3. The van der Waals surface area contributed by atoms with Crippen molar-refractivity contribution in [2.75, 3.05) is 10.6 Å². The lowest BCUT2D eigenvalue weighted by molar-refractivity contribution is -0.136. The van der Waals surface area contributed by atoms with E-state index in [4.69, 9.17) is 0 Å². The fourth-order valence-corrected chi connectivity index (χ4v) is 2.30. The molecule has 0 bridgehead atoms. The van der Waals surface area contributed by atoms with Crippen molar-refractivity contribution in [3.63, 3.8) is 0 Å². The predicted octanol–water partition coefficient (Wildman–Crippen LogP) is 4.77. The number of carbonyl (C=O) groups excluding carboxylic acids is 1. The van der Waals surface area contributed by atoms with Gasteiger partial charge in [0.15, 0.2) is 0 Å². The van der Waals surface area contributed by atoms with Crippen LogP contribution in [0.3, 0.4) is 0 Å². The summed E-state index contributed by atoms with van der Waals surface area (Å²) >= 11 is 0. The predicted molar refractivity (Wildman–Crippen MR) is 91.1 cm³/mol. The number of nitrogens with one attached hydrogen (secondary N) is 2. The van der Waals surface area contributed by atoms with Gasteiger partial charge in [-0.3, -0.25) is 4.79 Å². The van der Waals surface area contributed by atoms with Crippen LogP contribution in [0, 0.1) is 11.6 Å². The summed E-state index contributed by atoms with van der Waals surface area (Å²) in [5, 5.41) is 4.43. The van der Waals surface area contributed by atoms with Gasteiger partial charge in [-0.15, -0.1) is 0 Å². The fraction of sp³-hybridized carbons (Fsp3) is 0.0556. The minimum absolute atomic E-state index is 0.293. The maximum absolute atomic E-state index is 13.6. The molecule has 0 aliphatic rings. The Labute approximate surface area is 155 Å². The zero-order valence-corrected chi connectivity index (χ0v) is 13.9. The summed E-state index contributed by atoms with van der Waals surface area (Å²) < 4.78 is 66.5. The highest BCUT2D eigenvalue weighted by atomic mass is 19.4. The van der Waals surface area contributed by atoms with Crippen LogP contribution in [0.15, 0.2) is 54.7 Å². The van der Waals surface area contributed by atoms with E-state index in [9.17, 15) is 26.7 Å². The molecule has 0 unspecified atom stereocenters. The van der Waals surface area contributed by atoms with Gasteiger partial charge in [-0.05, 0) is 30.3 Å². The summed E-state index contributed by atoms with van der Waals surface area (Å²) in [7, 11) is 0. The van der Waals surface area contributed by atoms with Gasteiger partial charge in [-0.1, -0.05) is 18.2 Å². The number of para-hydroxylation sites is 2. The molecular formula is C18H11F5N4O. The lowest BCUT2D eigenvalue weighted by Crippen LogP contribution is -2.17. The molecule has 1 amide bonds. The van der Waals surface area contributed by atoms with Crippen LogP contribution in [0.1, 0.15) is 16.1 Å². The number of aromatic nitrogens is 2. The fourth-order valence-electron chi connectivity index (χ4n) is 2.30. The number of nitrogens with zero attached hydrogens (tertiary/aromatic N) is 2. The molecule has 5 nitrogen and oxygen atoms in total. The number of hydrogen-bond donors (Lipinski definition) is 2. The van der Waals surface area contributed by atoms with E-state index in [0.717, 1.165) is 36.5 Å². The molecule has 0 saturated heterocycles. The number of amides is 1. The van der Waals surface area contributed by atoms with E-state index in [1.165, 1.54) is 18.2 Å². The molecule has 0 saturated carbocycles. The Kier molecular flexibility index (Phi) is 5.21. The van der Waals surface area contributed by atoms with Crippen LogP contribution in [-0.4, -0.2) is 15.9 Å². The summed E-state index contributed by atoms with van der Waals surface area (Å²) in [5.74, 6) is -3.23. The van der Waals surface area contributed by atoms with Crippen molar-refractivity contribution in [3.8, 4) is 0 Å². The van der Waals surface area contributed by atoms with Crippen LogP contribution < -0.4 is 10.6 Å². The van der Waals surface area contributed by atoms with Crippen LogP contribution in [0.25, 0.3) is 0 Å². The molecular weight excluding hydrogens is 383 g/mol. The minimum Gasteiger partial charge on any atom is -0.324 e. The van der Waals surface area contributed by atoms with E-state index in [1.54, 1.807) is 0 Å². The molecule has 3 aromatic rings. The largest absolute Gasteiger partial charge is 0.418 e. The van der Waals surface area contributed by atoms with E-state index in [0.29, 0.717) is 0 Å². The molecule has 1 aromatic heterocycles. The molecule has 1 heterocycles. The highest BCUT2D eigenvalue weighted by Crippen LogP contribution is 2.35. The molecule has 0 atom stereocenters. The molecule has 10 heteroatoms. The molecule has 2 aromatic carbocycles. The third-order valence-electron chi connectivity index (χ3n) is 3.57. The van der Waals surface area contributed by atoms with Crippen molar-refractivity contribution in [2.45, 2.75) is 6.18 Å². The quantitative estimate of drug-likeness (QED) is 0.626. The average molecular weight is 394 g/mol. The van der Waals surface area contributed by atoms with Gasteiger partial charge < -0.3 is 10.6 Å². The topological polar surface area (TPSA) is 66.9 Å². The van der Waals surface area contributed by atoms with Gasteiger partial charge in [0.05, 0.1) is 11.3 Å². The molecule has 0 fully saturated rings. The summed E-state index contributed by atoms with van der Waals surface area (Å²) in [5.41, 5.74) is -2.22. The van der Waals surface area contributed by atoms with E-state index in [2.05, 4.69) is 15.3 Å². The average Bonchev–Trinajstić information content (AvgIpc) is 2.64. The van der Waals surface area contributed by atoms with E-state index in [1.807, 2.05) is 5.32 Å². The van der Waals surface area contributed by atoms with Crippen molar-refractivity contribution in [1.82, 2.24) is 9.97 Å². The van der Waals surface area contributed by atoms with Gasteiger partial charge >= 0.3 is 6.18 Å². The second-order valence-corrected chi connectivity index (χ2v) is 5.48. The SMILES string of the molecule is O=C(Nc1c(F)cccc1F)c1ccnc(Nc2ccccc2C(F)(F)F)n1. The van der Waals surface area contributed by atoms with Gasteiger partial charge in [0.2, 0.25) is 5.95 Å².